The minimum absolute atomic E-state index is 0.120. The van der Waals surface area contributed by atoms with Gasteiger partial charge in [0.2, 0.25) is 10.0 Å². The van der Waals surface area contributed by atoms with Crippen LogP contribution in [0.5, 0.6) is 11.5 Å². The largest absolute Gasteiger partial charge is 0.493 e. The standard InChI is InChI=1S/C13H17NO7S/c1-20-11-4-3-9(6-12(11)21-2)22(18,19)14-7-8(15)5-10(14)13(16)17/h3-4,6,8,10,15H,5,7H2,1-2H3,(H,16,17). The summed E-state index contributed by atoms with van der Waals surface area (Å²) < 4.78 is 36.1. The smallest absolute Gasteiger partial charge is 0.322 e. The van der Waals surface area contributed by atoms with Crippen molar-refractivity contribution in [2.24, 2.45) is 0 Å². The van der Waals surface area contributed by atoms with Crippen LogP contribution in [0.25, 0.3) is 0 Å². The molecule has 0 saturated carbocycles. The van der Waals surface area contributed by atoms with Crippen LogP contribution >= 0.6 is 0 Å². The van der Waals surface area contributed by atoms with Crippen molar-refractivity contribution >= 4 is 16.0 Å². The van der Waals surface area contributed by atoms with Crippen molar-refractivity contribution in [3.05, 3.63) is 18.2 Å². The summed E-state index contributed by atoms with van der Waals surface area (Å²) >= 11 is 0. The molecule has 2 rings (SSSR count). The Hall–Kier alpha value is -1.84. The third-order valence-electron chi connectivity index (χ3n) is 3.48. The SMILES string of the molecule is COc1ccc(S(=O)(=O)N2CC(O)CC2C(=O)O)cc1OC. The highest BCUT2D eigenvalue weighted by atomic mass is 32.2. The summed E-state index contributed by atoms with van der Waals surface area (Å²) in [6, 6.07) is 2.71. The van der Waals surface area contributed by atoms with Gasteiger partial charge < -0.3 is 19.7 Å². The first-order valence-electron chi connectivity index (χ1n) is 6.46. The predicted molar refractivity (Wildman–Crippen MR) is 75.5 cm³/mol. The molecule has 1 aromatic carbocycles. The van der Waals surface area contributed by atoms with E-state index in [1.54, 1.807) is 0 Å². The number of methoxy groups -OCH3 is 2. The van der Waals surface area contributed by atoms with E-state index < -0.39 is 28.1 Å². The maximum absolute atomic E-state index is 12.6. The number of rotatable bonds is 5. The normalized spacial score (nSPS) is 22.5. The van der Waals surface area contributed by atoms with E-state index in [0.717, 1.165) is 4.31 Å². The average Bonchev–Trinajstić information content (AvgIpc) is 2.89. The Balaban J connectivity index is 2.44. The van der Waals surface area contributed by atoms with E-state index in [9.17, 15) is 18.3 Å². The third-order valence-corrected chi connectivity index (χ3v) is 5.35. The van der Waals surface area contributed by atoms with Crippen molar-refractivity contribution in [3.8, 4) is 11.5 Å². The maximum atomic E-state index is 12.6. The summed E-state index contributed by atoms with van der Waals surface area (Å²) in [5.74, 6) is -0.714. The van der Waals surface area contributed by atoms with Gasteiger partial charge in [-0.05, 0) is 12.1 Å². The number of carboxylic acid groups (broad SMARTS) is 1. The van der Waals surface area contributed by atoms with Crippen LogP contribution in [0.2, 0.25) is 0 Å². The number of hydrogen-bond acceptors (Lipinski definition) is 6. The second-order valence-electron chi connectivity index (χ2n) is 4.84. The highest BCUT2D eigenvalue weighted by Crippen LogP contribution is 2.33. The molecule has 1 saturated heterocycles. The Morgan fingerprint density at radius 3 is 2.45 bits per heavy atom. The average molecular weight is 331 g/mol. The van der Waals surface area contributed by atoms with Gasteiger partial charge in [0.05, 0.1) is 25.2 Å². The topological polar surface area (TPSA) is 113 Å². The predicted octanol–water partition coefficient (Wildman–Crippen LogP) is -0.0877. The van der Waals surface area contributed by atoms with Crippen LogP contribution in [0.4, 0.5) is 0 Å². The molecule has 2 atom stereocenters. The molecular weight excluding hydrogens is 314 g/mol. The maximum Gasteiger partial charge on any atom is 0.322 e. The van der Waals surface area contributed by atoms with Gasteiger partial charge in [-0.3, -0.25) is 4.79 Å². The van der Waals surface area contributed by atoms with E-state index in [1.165, 1.54) is 32.4 Å². The van der Waals surface area contributed by atoms with Gasteiger partial charge in [-0.2, -0.15) is 4.31 Å². The Morgan fingerprint density at radius 2 is 1.91 bits per heavy atom. The second kappa shape index (κ2) is 6.11. The highest BCUT2D eigenvalue weighted by molar-refractivity contribution is 7.89. The minimum Gasteiger partial charge on any atom is -0.493 e. The first kappa shape index (κ1) is 16.5. The number of carbonyl (C=O) groups is 1. The van der Waals surface area contributed by atoms with E-state index in [0.29, 0.717) is 5.75 Å². The fraction of sp³-hybridized carbons (Fsp3) is 0.462. The minimum atomic E-state index is -4.07. The van der Waals surface area contributed by atoms with Crippen molar-refractivity contribution in [1.29, 1.82) is 0 Å². The number of carboxylic acids is 1. The van der Waals surface area contributed by atoms with Gasteiger partial charge in [0.25, 0.3) is 0 Å². The third kappa shape index (κ3) is 2.87. The van der Waals surface area contributed by atoms with Crippen LogP contribution < -0.4 is 9.47 Å². The number of sulfonamides is 1. The van der Waals surface area contributed by atoms with Crippen molar-refractivity contribution in [2.75, 3.05) is 20.8 Å². The molecule has 0 amide bonds. The van der Waals surface area contributed by atoms with E-state index in [1.807, 2.05) is 0 Å². The first-order chi connectivity index (χ1) is 10.3. The number of benzene rings is 1. The molecule has 0 bridgehead atoms. The molecule has 0 spiro atoms. The van der Waals surface area contributed by atoms with Crippen LogP contribution in [-0.2, 0) is 14.8 Å². The molecule has 0 aliphatic carbocycles. The van der Waals surface area contributed by atoms with Gasteiger partial charge in [-0.1, -0.05) is 0 Å². The highest BCUT2D eigenvalue weighted by Gasteiger charge is 2.43. The summed E-state index contributed by atoms with van der Waals surface area (Å²) in [6.45, 7) is -0.256. The van der Waals surface area contributed by atoms with Crippen LogP contribution in [-0.4, -0.2) is 61.8 Å². The van der Waals surface area contributed by atoms with Crippen LogP contribution in [0, 0.1) is 0 Å². The zero-order valence-corrected chi connectivity index (χ0v) is 12.9. The van der Waals surface area contributed by atoms with Crippen LogP contribution in [0.1, 0.15) is 6.42 Å². The van der Waals surface area contributed by atoms with E-state index in [-0.39, 0.29) is 23.6 Å². The van der Waals surface area contributed by atoms with Gasteiger partial charge in [0, 0.05) is 19.0 Å². The fourth-order valence-corrected chi connectivity index (χ4v) is 4.03. The van der Waals surface area contributed by atoms with Gasteiger partial charge in [-0.15, -0.1) is 0 Å². The van der Waals surface area contributed by atoms with Gasteiger partial charge in [0.1, 0.15) is 6.04 Å². The number of aliphatic carboxylic acids is 1. The Labute approximate surface area is 127 Å². The Morgan fingerprint density at radius 1 is 1.27 bits per heavy atom. The number of hydrogen-bond donors (Lipinski definition) is 2. The first-order valence-corrected chi connectivity index (χ1v) is 7.90. The number of ether oxygens (including phenoxy) is 2. The molecule has 22 heavy (non-hydrogen) atoms. The summed E-state index contributed by atoms with van der Waals surface area (Å²) in [7, 11) is -1.28. The Bertz CT molecular complexity index is 673. The molecule has 122 valence electrons. The lowest BCUT2D eigenvalue weighted by Crippen LogP contribution is -2.40. The number of aliphatic hydroxyl groups is 1. The molecule has 2 N–H and O–H groups in total. The lowest BCUT2D eigenvalue weighted by Gasteiger charge is -2.21. The number of aliphatic hydroxyl groups excluding tert-OH is 1. The molecule has 1 aromatic rings. The summed E-state index contributed by atoms with van der Waals surface area (Å²) in [5.41, 5.74) is 0. The van der Waals surface area contributed by atoms with Crippen LogP contribution in [0.15, 0.2) is 23.1 Å². The molecule has 9 heteroatoms. The van der Waals surface area contributed by atoms with Crippen molar-refractivity contribution < 1.29 is 32.9 Å². The van der Waals surface area contributed by atoms with E-state index in [4.69, 9.17) is 14.6 Å². The van der Waals surface area contributed by atoms with Gasteiger partial charge >= 0.3 is 5.97 Å². The molecule has 1 fully saturated rings. The van der Waals surface area contributed by atoms with Crippen molar-refractivity contribution in [3.63, 3.8) is 0 Å². The molecular formula is C13H17NO7S. The van der Waals surface area contributed by atoms with Crippen molar-refractivity contribution in [1.82, 2.24) is 4.31 Å². The van der Waals surface area contributed by atoms with Gasteiger partial charge in [-0.25, -0.2) is 8.42 Å². The Kier molecular flexibility index (Phi) is 4.59. The van der Waals surface area contributed by atoms with Crippen LogP contribution in [0.3, 0.4) is 0 Å². The lowest BCUT2D eigenvalue weighted by atomic mass is 10.2. The van der Waals surface area contributed by atoms with Crippen molar-refractivity contribution in [2.45, 2.75) is 23.5 Å². The zero-order valence-electron chi connectivity index (χ0n) is 12.1. The quantitative estimate of drug-likeness (QED) is 0.775. The summed E-state index contributed by atoms with van der Waals surface area (Å²) in [5, 5.41) is 18.7. The zero-order chi connectivity index (χ0) is 16.5. The van der Waals surface area contributed by atoms with Gasteiger partial charge in [0.15, 0.2) is 11.5 Å². The molecule has 1 aliphatic heterocycles. The molecule has 0 radical (unpaired) electrons. The lowest BCUT2D eigenvalue weighted by molar-refractivity contribution is -0.140. The molecule has 2 unspecified atom stereocenters. The second-order valence-corrected chi connectivity index (χ2v) is 6.73. The number of β-amino-alcohol motifs (C(OH)–C–C–N with tert-alkyl or cyclic N) is 1. The van der Waals surface area contributed by atoms with E-state index >= 15 is 0 Å². The molecule has 1 aliphatic rings. The molecule has 1 heterocycles. The fourth-order valence-electron chi connectivity index (χ4n) is 2.39. The monoisotopic (exact) mass is 331 g/mol. The summed E-state index contributed by atoms with van der Waals surface area (Å²) in [6.07, 6.45) is -1.14. The summed E-state index contributed by atoms with van der Waals surface area (Å²) in [4.78, 5) is 11.1. The van der Waals surface area contributed by atoms with E-state index in [2.05, 4.69) is 0 Å². The molecule has 8 nitrogen and oxygen atoms in total. The number of nitrogens with zero attached hydrogens (tertiary/aromatic N) is 1. The molecule has 0 aromatic heterocycles.